The van der Waals surface area contributed by atoms with Gasteiger partial charge in [0, 0.05) is 18.6 Å². The quantitative estimate of drug-likeness (QED) is 0.802. The summed E-state index contributed by atoms with van der Waals surface area (Å²) in [6, 6.07) is 3.42. The van der Waals surface area contributed by atoms with Crippen molar-refractivity contribution < 1.29 is 4.79 Å². The second kappa shape index (κ2) is 5.42. The van der Waals surface area contributed by atoms with Crippen LogP contribution in [0, 0.1) is 16.7 Å². The lowest BCUT2D eigenvalue weighted by Gasteiger charge is -2.34. The number of hydrazine groups is 1. The minimum absolute atomic E-state index is 0. The molecule has 2 unspecified atom stereocenters. The SMILES string of the molecule is Cl.N#CC1CCCN1C(=O)CNN1[C@H]2CC3(CCCC3)[C@@H]21. The predicted molar refractivity (Wildman–Crippen MR) is 80.5 cm³/mol. The molecule has 1 amide bonds. The minimum atomic E-state index is -0.198. The van der Waals surface area contributed by atoms with Gasteiger partial charge in [0.2, 0.25) is 5.91 Å². The van der Waals surface area contributed by atoms with Gasteiger partial charge < -0.3 is 4.90 Å². The first-order valence-corrected chi connectivity index (χ1v) is 7.96. The van der Waals surface area contributed by atoms with Gasteiger partial charge in [0.05, 0.1) is 12.6 Å². The van der Waals surface area contributed by atoms with Crippen molar-refractivity contribution in [2.75, 3.05) is 13.1 Å². The molecule has 2 aliphatic heterocycles. The number of nitrogens with zero attached hydrogens (tertiary/aromatic N) is 3. The summed E-state index contributed by atoms with van der Waals surface area (Å²) in [4.78, 5) is 13.9. The molecule has 0 aromatic heterocycles. The third-order valence-electron chi connectivity index (χ3n) is 5.91. The number of fused-ring (bicyclic) bond motifs is 2. The normalized spacial score (nSPS) is 38.3. The molecule has 116 valence electrons. The van der Waals surface area contributed by atoms with Crippen molar-refractivity contribution in [2.45, 2.75) is 63.1 Å². The van der Waals surface area contributed by atoms with Crippen LogP contribution in [0.4, 0.5) is 0 Å². The van der Waals surface area contributed by atoms with E-state index >= 15 is 0 Å². The van der Waals surface area contributed by atoms with Crippen LogP contribution in [-0.4, -0.2) is 47.0 Å². The fourth-order valence-electron chi connectivity index (χ4n) is 4.82. The van der Waals surface area contributed by atoms with Gasteiger partial charge in [-0.1, -0.05) is 12.8 Å². The Hall–Kier alpha value is -0.830. The van der Waals surface area contributed by atoms with Crippen molar-refractivity contribution >= 4 is 18.3 Å². The lowest BCUT2D eigenvalue weighted by molar-refractivity contribution is -0.130. The van der Waals surface area contributed by atoms with E-state index in [1.807, 2.05) is 0 Å². The Morgan fingerprint density at radius 3 is 2.81 bits per heavy atom. The summed E-state index contributed by atoms with van der Waals surface area (Å²) in [6.45, 7) is 1.11. The molecule has 0 aromatic rings. The van der Waals surface area contributed by atoms with Crippen LogP contribution in [0.2, 0.25) is 0 Å². The number of carbonyl (C=O) groups excluding carboxylic acids is 1. The van der Waals surface area contributed by atoms with Crippen LogP contribution in [0.3, 0.4) is 0 Å². The fourth-order valence-corrected chi connectivity index (χ4v) is 4.82. The molecule has 21 heavy (non-hydrogen) atoms. The average molecular weight is 311 g/mol. The Kier molecular flexibility index (Phi) is 3.89. The van der Waals surface area contributed by atoms with Gasteiger partial charge in [0.25, 0.3) is 0 Å². The fraction of sp³-hybridized carbons (Fsp3) is 0.867. The zero-order valence-electron chi connectivity index (χ0n) is 12.3. The highest BCUT2D eigenvalue weighted by molar-refractivity contribution is 5.85. The van der Waals surface area contributed by atoms with E-state index < -0.39 is 0 Å². The summed E-state index contributed by atoms with van der Waals surface area (Å²) in [6.07, 6.45) is 8.64. The molecule has 2 saturated carbocycles. The molecule has 4 rings (SSSR count). The standard InChI is InChI=1S/C15H22N4O.ClH/c16-9-11-4-3-7-18(11)13(20)10-17-19-12-8-15(14(12)19)5-1-2-6-15;/h11-12,14,17H,1-8,10H2;1H/t11?,12-,14+,19?;/m0./s1. The van der Waals surface area contributed by atoms with E-state index in [0.29, 0.717) is 24.0 Å². The van der Waals surface area contributed by atoms with Gasteiger partial charge in [-0.2, -0.15) is 5.26 Å². The van der Waals surface area contributed by atoms with Crippen LogP contribution in [0.25, 0.3) is 0 Å². The molecule has 6 heteroatoms. The summed E-state index contributed by atoms with van der Waals surface area (Å²) in [5, 5.41) is 11.3. The molecule has 2 heterocycles. The predicted octanol–water partition coefficient (Wildman–Crippen LogP) is 1.44. The molecule has 4 fully saturated rings. The molecule has 1 N–H and O–H groups in total. The monoisotopic (exact) mass is 310 g/mol. The van der Waals surface area contributed by atoms with Gasteiger partial charge in [-0.05, 0) is 37.5 Å². The van der Waals surface area contributed by atoms with E-state index in [0.717, 1.165) is 19.4 Å². The number of carbonyl (C=O) groups is 1. The van der Waals surface area contributed by atoms with E-state index in [9.17, 15) is 4.79 Å². The van der Waals surface area contributed by atoms with Gasteiger partial charge >= 0.3 is 0 Å². The molecular weight excluding hydrogens is 288 g/mol. The highest BCUT2D eigenvalue weighted by Crippen LogP contribution is 2.64. The van der Waals surface area contributed by atoms with Gasteiger partial charge in [-0.15, -0.1) is 12.4 Å². The van der Waals surface area contributed by atoms with Crippen LogP contribution in [0.1, 0.15) is 44.9 Å². The maximum Gasteiger partial charge on any atom is 0.239 e. The topological polar surface area (TPSA) is 59.1 Å². The van der Waals surface area contributed by atoms with Crippen LogP contribution in [0.5, 0.6) is 0 Å². The van der Waals surface area contributed by atoms with E-state index in [4.69, 9.17) is 5.26 Å². The van der Waals surface area contributed by atoms with Crippen LogP contribution < -0.4 is 5.43 Å². The van der Waals surface area contributed by atoms with E-state index in [2.05, 4.69) is 16.5 Å². The second-order valence-electron chi connectivity index (χ2n) is 6.90. The number of halogens is 1. The molecule has 4 atom stereocenters. The highest BCUT2D eigenvalue weighted by Gasteiger charge is 2.70. The first kappa shape index (κ1) is 15.1. The third kappa shape index (κ3) is 2.25. The van der Waals surface area contributed by atoms with Gasteiger partial charge in [0.15, 0.2) is 0 Å². The van der Waals surface area contributed by atoms with Crippen LogP contribution in [0.15, 0.2) is 0 Å². The summed E-state index contributed by atoms with van der Waals surface area (Å²) < 4.78 is 0. The Labute approximate surface area is 132 Å². The van der Waals surface area contributed by atoms with Gasteiger partial charge in [-0.25, -0.2) is 10.4 Å². The first-order valence-electron chi connectivity index (χ1n) is 7.96. The molecule has 5 nitrogen and oxygen atoms in total. The van der Waals surface area contributed by atoms with Gasteiger partial charge in [-0.3, -0.25) is 4.79 Å². The molecule has 0 radical (unpaired) electrons. The molecule has 0 aromatic carbocycles. The molecule has 4 aliphatic rings. The van der Waals surface area contributed by atoms with Crippen LogP contribution >= 0.6 is 12.4 Å². The van der Waals surface area contributed by atoms with Crippen molar-refractivity contribution in [3.8, 4) is 6.07 Å². The van der Waals surface area contributed by atoms with E-state index in [1.54, 1.807) is 4.90 Å². The number of hydrogen-bond acceptors (Lipinski definition) is 4. The Morgan fingerprint density at radius 1 is 1.33 bits per heavy atom. The average Bonchev–Trinajstić information content (AvgIpc) is 2.88. The summed E-state index contributed by atoms with van der Waals surface area (Å²) in [5.74, 6) is 0.0841. The third-order valence-corrected chi connectivity index (χ3v) is 5.91. The Morgan fingerprint density at radius 2 is 2.10 bits per heavy atom. The number of hydrogen-bond donors (Lipinski definition) is 1. The number of nitriles is 1. The van der Waals surface area contributed by atoms with E-state index in [1.165, 1.54) is 32.1 Å². The molecule has 2 saturated heterocycles. The number of likely N-dealkylation sites (tertiary alicyclic amines) is 1. The van der Waals surface area contributed by atoms with Crippen molar-refractivity contribution in [3.05, 3.63) is 0 Å². The number of rotatable bonds is 3. The molecular formula is C15H23ClN4O. The van der Waals surface area contributed by atoms with Crippen molar-refractivity contribution in [1.82, 2.24) is 15.3 Å². The molecule has 2 aliphatic carbocycles. The number of amides is 1. The summed E-state index contributed by atoms with van der Waals surface area (Å²) >= 11 is 0. The van der Waals surface area contributed by atoms with Crippen molar-refractivity contribution in [1.29, 1.82) is 5.26 Å². The molecule has 1 spiro atoms. The maximum absolute atomic E-state index is 12.2. The zero-order chi connectivity index (χ0) is 13.7. The van der Waals surface area contributed by atoms with Gasteiger partial charge in [0.1, 0.15) is 6.04 Å². The first-order chi connectivity index (χ1) is 9.75. The largest absolute Gasteiger partial charge is 0.326 e. The smallest absolute Gasteiger partial charge is 0.239 e. The summed E-state index contributed by atoms with van der Waals surface area (Å²) in [5.41, 5.74) is 3.91. The highest BCUT2D eigenvalue weighted by atomic mass is 35.5. The zero-order valence-corrected chi connectivity index (χ0v) is 13.1. The maximum atomic E-state index is 12.2. The van der Waals surface area contributed by atoms with Crippen molar-refractivity contribution in [2.24, 2.45) is 5.41 Å². The Balaban J connectivity index is 0.00000132. The second-order valence-corrected chi connectivity index (χ2v) is 6.90. The lowest BCUT2D eigenvalue weighted by atomic mass is 9.68. The summed E-state index contributed by atoms with van der Waals surface area (Å²) in [7, 11) is 0. The number of nitrogens with one attached hydrogen (secondary N) is 1. The van der Waals surface area contributed by atoms with E-state index in [-0.39, 0.29) is 24.4 Å². The van der Waals surface area contributed by atoms with Crippen LogP contribution in [-0.2, 0) is 4.79 Å². The minimum Gasteiger partial charge on any atom is -0.326 e. The van der Waals surface area contributed by atoms with Crippen molar-refractivity contribution in [3.63, 3.8) is 0 Å². The Bertz CT molecular complexity index is 471. The lowest BCUT2D eigenvalue weighted by Crippen LogP contribution is -2.42. The molecule has 0 bridgehead atoms.